The highest BCUT2D eigenvalue weighted by molar-refractivity contribution is 6.22. The summed E-state index contributed by atoms with van der Waals surface area (Å²) in [6.07, 6.45) is 0. The molecule has 2 heterocycles. The van der Waals surface area contributed by atoms with E-state index in [-0.39, 0.29) is 0 Å². The van der Waals surface area contributed by atoms with Gasteiger partial charge in [-0.2, -0.15) is 0 Å². The lowest BCUT2D eigenvalue weighted by Gasteiger charge is -2.12. The molecule has 45 heavy (non-hydrogen) atoms. The van der Waals surface area contributed by atoms with Crippen LogP contribution >= 0.6 is 0 Å². The van der Waals surface area contributed by atoms with Gasteiger partial charge < -0.3 is 0 Å². The minimum Gasteiger partial charge on any atom is -0.294 e. The molecule has 9 aromatic rings. The number of benzene rings is 7. The molecule has 0 N–H and O–H groups in total. The van der Waals surface area contributed by atoms with Crippen molar-refractivity contribution in [3.05, 3.63) is 164 Å². The molecular formula is C42H27N3. The van der Waals surface area contributed by atoms with Crippen molar-refractivity contribution in [1.82, 2.24) is 14.5 Å². The van der Waals surface area contributed by atoms with Crippen LogP contribution in [0.5, 0.6) is 0 Å². The molecule has 0 amide bonds. The molecule has 210 valence electrons. The Balaban J connectivity index is 1.34. The van der Waals surface area contributed by atoms with Crippen LogP contribution in [0.1, 0.15) is 0 Å². The predicted octanol–water partition coefficient (Wildman–Crippen LogP) is 10.9. The summed E-state index contributed by atoms with van der Waals surface area (Å²) in [5.74, 6) is 1.55. The van der Waals surface area contributed by atoms with Gasteiger partial charge in [0.25, 0.3) is 0 Å². The Morgan fingerprint density at radius 1 is 0.400 bits per heavy atom. The molecule has 9 rings (SSSR count). The van der Waals surface area contributed by atoms with Crippen molar-refractivity contribution in [2.45, 2.75) is 0 Å². The van der Waals surface area contributed by atoms with Gasteiger partial charge in [0.15, 0.2) is 5.82 Å². The summed E-state index contributed by atoms with van der Waals surface area (Å²) >= 11 is 0. The lowest BCUT2D eigenvalue weighted by Crippen LogP contribution is -2.02. The lowest BCUT2D eigenvalue weighted by atomic mass is 9.95. The molecule has 0 spiro atoms. The number of hydrogen-bond acceptors (Lipinski definition) is 2. The number of aromatic nitrogens is 3. The van der Waals surface area contributed by atoms with Gasteiger partial charge in [0.05, 0.1) is 16.7 Å². The third-order valence-corrected chi connectivity index (χ3v) is 8.80. The quantitative estimate of drug-likeness (QED) is 0.210. The second-order valence-electron chi connectivity index (χ2n) is 11.4. The van der Waals surface area contributed by atoms with Gasteiger partial charge in [-0.1, -0.05) is 140 Å². The fourth-order valence-corrected chi connectivity index (χ4v) is 6.70. The number of nitrogens with zero attached hydrogens (tertiary/aromatic N) is 3. The largest absolute Gasteiger partial charge is 0.294 e. The van der Waals surface area contributed by atoms with Crippen LogP contribution in [-0.4, -0.2) is 14.5 Å². The number of para-hydroxylation sites is 1. The van der Waals surface area contributed by atoms with Crippen LogP contribution in [0.25, 0.3) is 82.9 Å². The number of hydrogen-bond donors (Lipinski definition) is 0. The highest BCUT2D eigenvalue weighted by Gasteiger charge is 2.18. The van der Waals surface area contributed by atoms with Crippen LogP contribution < -0.4 is 0 Å². The minimum atomic E-state index is 0.705. The highest BCUT2D eigenvalue weighted by atomic mass is 15.1. The van der Waals surface area contributed by atoms with Crippen LogP contribution in [0.15, 0.2) is 164 Å². The van der Waals surface area contributed by atoms with Gasteiger partial charge in [0.2, 0.25) is 0 Å². The van der Waals surface area contributed by atoms with E-state index in [1.165, 1.54) is 43.4 Å². The summed E-state index contributed by atoms with van der Waals surface area (Å²) in [6, 6.07) is 57.9. The van der Waals surface area contributed by atoms with E-state index in [2.05, 4.69) is 144 Å². The van der Waals surface area contributed by atoms with Gasteiger partial charge in [-0.05, 0) is 50.9 Å². The van der Waals surface area contributed by atoms with E-state index in [1.54, 1.807) is 0 Å². The maximum absolute atomic E-state index is 5.20. The lowest BCUT2D eigenvalue weighted by molar-refractivity contribution is 1.05. The van der Waals surface area contributed by atoms with E-state index in [4.69, 9.17) is 9.97 Å². The highest BCUT2D eigenvalue weighted by Crippen LogP contribution is 2.39. The maximum atomic E-state index is 5.20. The molecule has 0 saturated carbocycles. The molecule has 0 unspecified atom stereocenters. The topological polar surface area (TPSA) is 30.7 Å². The molecular weight excluding hydrogens is 546 g/mol. The first kappa shape index (κ1) is 25.4. The molecule has 3 nitrogen and oxygen atoms in total. The van der Waals surface area contributed by atoms with Gasteiger partial charge in [0, 0.05) is 28.0 Å². The standard InChI is InChI=1S/C42H27N3/c1-3-13-30(14-4-1)37-27-40(44-42(43-37)31-15-5-2-6-16-31)45-38-21-10-9-19-35(38)41-36-26-32(23-22-29(36)24-25-39(41)45)34-20-11-17-28-12-7-8-18-33(28)34/h1-27H. The van der Waals surface area contributed by atoms with E-state index < -0.39 is 0 Å². The van der Waals surface area contributed by atoms with E-state index >= 15 is 0 Å². The van der Waals surface area contributed by atoms with Crippen molar-refractivity contribution < 1.29 is 0 Å². The van der Waals surface area contributed by atoms with Gasteiger partial charge in [-0.25, -0.2) is 9.97 Å². The smallest absolute Gasteiger partial charge is 0.162 e. The van der Waals surface area contributed by atoms with Crippen molar-refractivity contribution in [2.24, 2.45) is 0 Å². The van der Waals surface area contributed by atoms with Crippen molar-refractivity contribution in [3.8, 4) is 39.6 Å². The van der Waals surface area contributed by atoms with Crippen molar-refractivity contribution in [3.63, 3.8) is 0 Å². The van der Waals surface area contributed by atoms with E-state index in [9.17, 15) is 0 Å². The Morgan fingerprint density at radius 3 is 1.91 bits per heavy atom. The predicted molar refractivity (Wildman–Crippen MR) is 188 cm³/mol. The van der Waals surface area contributed by atoms with Gasteiger partial charge in [-0.3, -0.25) is 4.57 Å². The molecule has 3 heteroatoms. The van der Waals surface area contributed by atoms with Crippen molar-refractivity contribution in [1.29, 1.82) is 0 Å². The van der Waals surface area contributed by atoms with Gasteiger partial charge in [0.1, 0.15) is 5.82 Å². The second-order valence-corrected chi connectivity index (χ2v) is 11.4. The summed E-state index contributed by atoms with van der Waals surface area (Å²) < 4.78 is 2.30. The van der Waals surface area contributed by atoms with E-state index in [0.717, 1.165) is 33.7 Å². The molecule has 0 atom stereocenters. The van der Waals surface area contributed by atoms with Crippen LogP contribution in [0, 0.1) is 0 Å². The number of fused-ring (bicyclic) bond motifs is 6. The molecule has 0 aliphatic heterocycles. The molecule has 0 aliphatic carbocycles. The summed E-state index contributed by atoms with van der Waals surface area (Å²) in [7, 11) is 0. The van der Waals surface area contributed by atoms with Crippen LogP contribution in [0.4, 0.5) is 0 Å². The SMILES string of the molecule is c1ccc(-c2cc(-n3c4ccccc4c4c5cc(-c6cccc7ccccc67)ccc5ccc43)nc(-c3ccccc3)n2)cc1. The van der Waals surface area contributed by atoms with Gasteiger partial charge >= 0.3 is 0 Å². The fourth-order valence-electron chi connectivity index (χ4n) is 6.70. The first-order valence-electron chi connectivity index (χ1n) is 15.3. The Labute approximate surface area is 260 Å². The molecule has 0 saturated heterocycles. The number of rotatable bonds is 4. The van der Waals surface area contributed by atoms with Crippen LogP contribution in [-0.2, 0) is 0 Å². The molecule has 0 fully saturated rings. The monoisotopic (exact) mass is 573 g/mol. The van der Waals surface area contributed by atoms with E-state index in [1.807, 2.05) is 24.3 Å². The first-order chi connectivity index (χ1) is 22.3. The zero-order valence-corrected chi connectivity index (χ0v) is 24.4. The normalized spacial score (nSPS) is 11.6. The molecule has 0 aliphatic rings. The fraction of sp³-hybridized carbons (Fsp3) is 0. The average molecular weight is 574 g/mol. The van der Waals surface area contributed by atoms with Crippen LogP contribution in [0.3, 0.4) is 0 Å². The molecule has 0 bridgehead atoms. The van der Waals surface area contributed by atoms with Crippen molar-refractivity contribution >= 4 is 43.4 Å². The summed E-state index contributed by atoms with van der Waals surface area (Å²) in [4.78, 5) is 10.2. The second kappa shape index (κ2) is 10.3. The van der Waals surface area contributed by atoms with Crippen molar-refractivity contribution in [2.75, 3.05) is 0 Å². The summed E-state index contributed by atoms with van der Waals surface area (Å²) in [5, 5.41) is 7.38. The molecule has 7 aromatic carbocycles. The summed E-state index contributed by atoms with van der Waals surface area (Å²) in [5.41, 5.74) is 7.63. The minimum absolute atomic E-state index is 0.705. The van der Waals surface area contributed by atoms with E-state index in [0.29, 0.717) is 5.82 Å². The van der Waals surface area contributed by atoms with Crippen LogP contribution in [0.2, 0.25) is 0 Å². The zero-order chi connectivity index (χ0) is 29.7. The Hall–Kier alpha value is -6.06. The van der Waals surface area contributed by atoms with Gasteiger partial charge in [-0.15, -0.1) is 0 Å². The third kappa shape index (κ3) is 4.21. The average Bonchev–Trinajstić information content (AvgIpc) is 3.47. The maximum Gasteiger partial charge on any atom is 0.162 e. The Kier molecular flexibility index (Phi) is 5.82. The third-order valence-electron chi connectivity index (χ3n) is 8.80. The zero-order valence-electron chi connectivity index (χ0n) is 24.4. The first-order valence-corrected chi connectivity index (χ1v) is 15.3. The summed E-state index contributed by atoms with van der Waals surface area (Å²) in [6.45, 7) is 0. The Morgan fingerprint density at radius 2 is 1.07 bits per heavy atom. The molecule has 2 aromatic heterocycles. The molecule has 0 radical (unpaired) electrons. The Bertz CT molecular complexity index is 2470.